The molecule has 0 aliphatic carbocycles. The van der Waals surface area contributed by atoms with Gasteiger partial charge in [-0.15, -0.1) is 12.4 Å². The zero-order valence-corrected chi connectivity index (χ0v) is 14.6. The van der Waals surface area contributed by atoms with Gasteiger partial charge in [-0.05, 0) is 37.6 Å². The number of benzene rings is 1. The molecule has 24 heavy (non-hydrogen) atoms. The van der Waals surface area contributed by atoms with Gasteiger partial charge in [-0.3, -0.25) is 4.79 Å². The number of methoxy groups -OCH3 is 1. The fraction of sp³-hybridized carbons (Fsp3) is 0.562. The zero-order chi connectivity index (χ0) is 16.8. The van der Waals surface area contributed by atoms with Gasteiger partial charge in [0, 0.05) is 24.7 Å². The molecule has 1 aromatic carbocycles. The van der Waals surface area contributed by atoms with Crippen molar-refractivity contribution < 1.29 is 23.0 Å². The van der Waals surface area contributed by atoms with Gasteiger partial charge in [-0.25, -0.2) is 0 Å². The fourth-order valence-electron chi connectivity index (χ4n) is 2.76. The maximum absolute atomic E-state index is 12.8. The number of hydrogen-bond donors (Lipinski definition) is 1. The molecule has 1 unspecified atom stereocenters. The summed E-state index contributed by atoms with van der Waals surface area (Å²) in [5.41, 5.74) is 0.406. The average Bonchev–Trinajstić information content (AvgIpc) is 3.06. The van der Waals surface area contributed by atoms with Gasteiger partial charge in [0.2, 0.25) is 0 Å². The Balaban J connectivity index is 0.00000288. The fourth-order valence-corrected chi connectivity index (χ4v) is 2.76. The summed E-state index contributed by atoms with van der Waals surface area (Å²) in [7, 11) is 1.35. The van der Waals surface area contributed by atoms with Crippen LogP contribution in [0.5, 0.6) is 11.5 Å². The van der Waals surface area contributed by atoms with Gasteiger partial charge in [-0.2, -0.15) is 8.78 Å². The molecule has 1 aromatic rings. The molecule has 1 atom stereocenters. The normalized spacial score (nSPS) is 16.6. The highest BCUT2D eigenvalue weighted by Crippen LogP contribution is 2.30. The maximum atomic E-state index is 12.8. The second-order valence-electron chi connectivity index (χ2n) is 5.39. The van der Waals surface area contributed by atoms with E-state index in [-0.39, 0.29) is 35.9 Å². The first-order valence-corrected chi connectivity index (χ1v) is 7.71. The van der Waals surface area contributed by atoms with Gasteiger partial charge in [0.05, 0.1) is 7.11 Å². The van der Waals surface area contributed by atoms with Crippen LogP contribution in [-0.4, -0.2) is 50.2 Å². The molecule has 0 aromatic heterocycles. The lowest BCUT2D eigenvalue weighted by Crippen LogP contribution is -2.42. The molecule has 1 N–H and O–H groups in total. The highest BCUT2D eigenvalue weighted by atomic mass is 35.5. The third-order valence-electron chi connectivity index (χ3n) is 3.83. The smallest absolute Gasteiger partial charge is 0.387 e. The van der Waals surface area contributed by atoms with Gasteiger partial charge < -0.3 is 19.7 Å². The van der Waals surface area contributed by atoms with Crippen molar-refractivity contribution in [3.8, 4) is 11.5 Å². The number of rotatable bonds is 7. The van der Waals surface area contributed by atoms with Gasteiger partial charge in [0.15, 0.2) is 11.5 Å². The molecule has 1 saturated heterocycles. The largest absolute Gasteiger partial charge is 0.493 e. The molecule has 1 amide bonds. The average molecular weight is 365 g/mol. The summed E-state index contributed by atoms with van der Waals surface area (Å²) in [6, 6.07) is 4.44. The van der Waals surface area contributed by atoms with Crippen molar-refractivity contribution in [1.29, 1.82) is 0 Å². The first-order chi connectivity index (χ1) is 11.1. The second kappa shape index (κ2) is 9.64. The third kappa shape index (κ3) is 4.95. The molecular formula is C16H23ClF2N2O3. The summed E-state index contributed by atoms with van der Waals surface area (Å²) in [5, 5.41) is 3.25. The number of nitrogens with one attached hydrogen (secondary N) is 1. The lowest BCUT2D eigenvalue weighted by molar-refractivity contribution is -0.0512. The Morgan fingerprint density at radius 3 is 2.71 bits per heavy atom. The van der Waals surface area contributed by atoms with E-state index in [1.807, 2.05) is 11.8 Å². The summed E-state index contributed by atoms with van der Waals surface area (Å²) in [6.45, 7) is 1.40. The number of alkyl halides is 2. The van der Waals surface area contributed by atoms with Crippen LogP contribution in [0.3, 0.4) is 0 Å². The Labute approximate surface area is 146 Å². The predicted octanol–water partition coefficient (Wildman–Crippen LogP) is 2.93. The van der Waals surface area contributed by atoms with Crippen molar-refractivity contribution >= 4 is 18.3 Å². The number of carbonyl (C=O) groups is 1. The van der Waals surface area contributed by atoms with Crippen LogP contribution in [0.2, 0.25) is 0 Å². The quantitative estimate of drug-likeness (QED) is 0.808. The van der Waals surface area contributed by atoms with Gasteiger partial charge in [0.25, 0.3) is 5.91 Å². The van der Waals surface area contributed by atoms with E-state index in [9.17, 15) is 13.6 Å². The number of carbonyl (C=O) groups excluding carboxylic acids is 1. The van der Waals surface area contributed by atoms with Crippen LogP contribution in [0.4, 0.5) is 8.78 Å². The first kappa shape index (κ1) is 20.4. The molecule has 0 spiro atoms. The SMILES string of the molecule is CCCN(C(=O)c1ccc(OC(F)F)c(OC)c1)C1CCNC1.Cl. The minimum absolute atomic E-state index is 0. The number of halogens is 3. The number of amides is 1. The summed E-state index contributed by atoms with van der Waals surface area (Å²) in [4.78, 5) is 14.6. The van der Waals surface area contributed by atoms with Gasteiger partial charge >= 0.3 is 6.61 Å². The molecule has 0 bridgehead atoms. The van der Waals surface area contributed by atoms with Crippen LogP contribution < -0.4 is 14.8 Å². The summed E-state index contributed by atoms with van der Waals surface area (Å²) >= 11 is 0. The number of hydrogen-bond acceptors (Lipinski definition) is 4. The van der Waals surface area contributed by atoms with E-state index < -0.39 is 6.61 Å². The second-order valence-corrected chi connectivity index (χ2v) is 5.39. The Kier molecular flexibility index (Phi) is 8.21. The van der Waals surface area contributed by atoms with E-state index in [1.54, 1.807) is 0 Å². The highest BCUT2D eigenvalue weighted by molar-refractivity contribution is 5.95. The van der Waals surface area contributed by atoms with Crippen molar-refractivity contribution in [1.82, 2.24) is 10.2 Å². The Morgan fingerprint density at radius 2 is 2.17 bits per heavy atom. The molecule has 2 rings (SSSR count). The van der Waals surface area contributed by atoms with Crippen LogP contribution in [0, 0.1) is 0 Å². The Hall–Kier alpha value is -1.60. The van der Waals surface area contributed by atoms with E-state index in [0.717, 1.165) is 25.9 Å². The van der Waals surface area contributed by atoms with Crippen LogP contribution in [0.25, 0.3) is 0 Å². The van der Waals surface area contributed by atoms with Crippen LogP contribution in [0.1, 0.15) is 30.1 Å². The molecule has 8 heteroatoms. The monoisotopic (exact) mass is 364 g/mol. The molecule has 1 aliphatic rings. The third-order valence-corrected chi connectivity index (χ3v) is 3.83. The minimum atomic E-state index is -2.94. The van der Waals surface area contributed by atoms with Crippen molar-refractivity contribution in [2.75, 3.05) is 26.7 Å². The molecule has 1 aliphatic heterocycles. The maximum Gasteiger partial charge on any atom is 0.387 e. The topological polar surface area (TPSA) is 50.8 Å². The molecule has 1 fully saturated rings. The standard InChI is InChI=1S/C16H22F2N2O3.ClH/c1-3-8-20(12-6-7-19-10-12)15(21)11-4-5-13(23-16(17)18)14(9-11)22-2;/h4-5,9,12,16,19H,3,6-8,10H2,1-2H3;1H. The van der Waals surface area contributed by atoms with Crippen molar-refractivity contribution in [2.45, 2.75) is 32.4 Å². The molecular weight excluding hydrogens is 342 g/mol. The summed E-state index contributed by atoms with van der Waals surface area (Å²) in [5.74, 6) is -0.0804. The zero-order valence-electron chi connectivity index (χ0n) is 13.8. The Bertz CT molecular complexity index is 540. The van der Waals surface area contributed by atoms with Crippen LogP contribution in [-0.2, 0) is 0 Å². The lowest BCUT2D eigenvalue weighted by Gasteiger charge is -2.28. The molecule has 0 radical (unpaired) electrons. The van der Waals surface area contributed by atoms with Crippen LogP contribution in [0.15, 0.2) is 18.2 Å². The highest BCUT2D eigenvalue weighted by Gasteiger charge is 2.27. The number of ether oxygens (including phenoxy) is 2. The predicted molar refractivity (Wildman–Crippen MR) is 89.5 cm³/mol. The molecule has 1 heterocycles. The van der Waals surface area contributed by atoms with E-state index in [4.69, 9.17) is 4.74 Å². The summed E-state index contributed by atoms with van der Waals surface area (Å²) < 4.78 is 34.2. The summed E-state index contributed by atoms with van der Waals surface area (Å²) in [6.07, 6.45) is 1.77. The molecule has 0 saturated carbocycles. The van der Waals surface area contributed by atoms with Crippen molar-refractivity contribution in [2.24, 2.45) is 0 Å². The minimum Gasteiger partial charge on any atom is -0.493 e. The van der Waals surface area contributed by atoms with Crippen molar-refractivity contribution in [3.63, 3.8) is 0 Å². The lowest BCUT2D eigenvalue weighted by atomic mass is 10.1. The Morgan fingerprint density at radius 1 is 1.42 bits per heavy atom. The van der Waals surface area contributed by atoms with E-state index >= 15 is 0 Å². The van der Waals surface area contributed by atoms with Gasteiger partial charge in [-0.1, -0.05) is 6.92 Å². The number of nitrogens with zero attached hydrogens (tertiary/aromatic N) is 1. The van der Waals surface area contributed by atoms with Crippen molar-refractivity contribution in [3.05, 3.63) is 23.8 Å². The molecule has 5 nitrogen and oxygen atoms in total. The van der Waals surface area contributed by atoms with E-state index in [2.05, 4.69) is 10.1 Å². The first-order valence-electron chi connectivity index (χ1n) is 7.71. The van der Waals surface area contributed by atoms with Gasteiger partial charge in [0.1, 0.15) is 0 Å². The van der Waals surface area contributed by atoms with Crippen LogP contribution >= 0.6 is 12.4 Å². The van der Waals surface area contributed by atoms with E-state index in [0.29, 0.717) is 12.1 Å². The van der Waals surface area contributed by atoms with E-state index in [1.165, 1.54) is 25.3 Å². The molecule has 136 valence electrons.